The summed E-state index contributed by atoms with van der Waals surface area (Å²) in [7, 11) is 0. The third-order valence-electron chi connectivity index (χ3n) is 3.61. The summed E-state index contributed by atoms with van der Waals surface area (Å²) >= 11 is 0. The Morgan fingerprint density at radius 2 is 1.16 bits per heavy atom. The van der Waals surface area contributed by atoms with E-state index in [2.05, 4.69) is 18.2 Å². The number of halogens is 1. The third-order valence-corrected chi connectivity index (χ3v) is 3.61. The minimum absolute atomic E-state index is 0. The van der Waals surface area contributed by atoms with Crippen molar-refractivity contribution in [2.24, 2.45) is 0 Å². The Morgan fingerprint density at radius 1 is 0.579 bits per heavy atom. The number of hydrogen-bond donors (Lipinski definition) is 0. The number of hydrogen-bond acceptors (Lipinski definition) is 1. The molecule has 2 heteroatoms. The zero-order valence-electron chi connectivity index (χ0n) is 10.1. The lowest BCUT2D eigenvalue weighted by Crippen LogP contribution is -2.09. The Kier molecular flexibility index (Phi) is 2.76. The highest BCUT2D eigenvalue weighted by Gasteiger charge is 2.23. The number of ketones is 1. The minimum Gasteiger partial charge on any atom is -0.289 e. The van der Waals surface area contributed by atoms with Crippen LogP contribution in [0.2, 0.25) is 0 Å². The van der Waals surface area contributed by atoms with E-state index in [4.69, 9.17) is 0 Å². The van der Waals surface area contributed by atoms with E-state index in [-0.39, 0.29) is 22.8 Å². The smallest absolute Gasteiger partial charge is 0.194 e. The molecule has 0 spiro atoms. The number of fused-ring (bicyclic) bond motifs is 2. The van der Waals surface area contributed by atoms with Gasteiger partial charge in [-0.2, -0.15) is 0 Å². The van der Waals surface area contributed by atoms with Crippen LogP contribution in [0.4, 0.5) is 0 Å². The summed E-state index contributed by atoms with van der Waals surface area (Å²) in [5.74, 6) is 0.134. The normalized spacial score (nSPS) is 11.9. The molecule has 1 aliphatic rings. The summed E-state index contributed by atoms with van der Waals surface area (Å²) in [6, 6.07) is 20.0. The highest BCUT2D eigenvalue weighted by atomic mass is 79.9. The summed E-state index contributed by atoms with van der Waals surface area (Å²) in [5.41, 5.74) is 3.84. The van der Waals surface area contributed by atoms with Gasteiger partial charge in [-0.25, -0.2) is 0 Å². The van der Waals surface area contributed by atoms with Gasteiger partial charge in [0.1, 0.15) is 0 Å². The predicted octanol–water partition coefficient (Wildman–Crippen LogP) is 4.63. The first-order valence-electron chi connectivity index (χ1n) is 6.02. The monoisotopic (exact) mass is 310 g/mol. The molecule has 0 saturated heterocycles. The largest absolute Gasteiger partial charge is 0.289 e. The van der Waals surface area contributed by atoms with E-state index in [9.17, 15) is 4.79 Å². The number of carbonyl (C=O) groups excluding carboxylic acids is 1. The third kappa shape index (κ3) is 1.57. The molecule has 1 nitrogen and oxygen atoms in total. The van der Waals surface area contributed by atoms with Gasteiger partial charge in [-0.05, 0) is 16.5 Å². The first kappa shape index (κ1) is 12.1. The van der Waals surface area contributed by atoms with Crippen molar-refractivity contribution in [3.8, 4) is 11.1 Å². The van der Waals surface area contributed by atoms with E-state index in [0.29, 0.717) is 0 Å². The molecule has 3 aromatic rings. The molecule has 0 heterocycles. The quantitative estimate of drug-likeness (QED) is 0.463. The Balaban J connectivity index is 0.00000110. The first-order chi connectivity index (χ1) is 8.86. The topological polar surface area (TPSA) is 17.1 Å². The summed E-state index contributed by atoms with van der Waals surface area (Å²) in [5, 5.41) is 2.22. The summed E-state index contributed by atoms with van der Waals surface area (Å²) in [6.07, 6.45) is 0. The lowest BCUT2D eigenvalue weighted by atomic mass is 9.83. The zero-order chi connectivity index (χ0) is 12.1. The number of rotatable bonds is 0. The van der Waals surface area contributed by atoms with Gasteiger partial charge < -0.3 is 0 Å². The van der Waals surface area contributed by atoms with Crippen molar-refractivity contribution in [2.45, 2.75) is 0 Å². The van der Waals surface area contributed by atoms with Crippen molar-refractivity contribution in [3.05, 3.63) is 71.8 Å². The van der Waals surface area contributed by atoms with E-state index in [1.807, 2.05) is 42.5 Å². The average Bonchev–Trinajstić information content (AvgIpc) is 2.44. The SMILES string of the molecule is Br.O=C1c2ccccc2-c2cccc3cccc1c23. The van der Waals surface area contributed by atoms with Crippen LogP contribution in [0.3, 0.4) is 0 Å². The molecule has 0 radical (unpaired) electrons. The van der Waals surface area contributed by atoms with E-state index in [1.165, 1.54) is 5.56 Å². The molecule has 0 bridgehead atoms. The average molecular weight is 311 g/mol. The molecule has 0 saturated carbocycles. The predicted molar refractivity (Wildman–Crippen MR) is 83.1 cm³/mol. The van der Waals surface area contributed by atoms with Crippen molar-refractivity contribution in [1.29, 1.82) is 0 Å². The van der Waals surface area contributed by atoms with E-state index < -0.39 is 0 Å². The lowest BCUT2D eigenvalue weighted by molar-refractivity contribution is 0.104. The molecule has 4 rings (SSSR count). The fraction of sp³-hybridized carbons (Fsp3) is 0. The van der Waals surface area contributed by atoms with Gasteiger partial charge in [-0.15, -0.1) is 17.0 Å². The second-order valence-electron chi connectivity index (χ2n) is 4.58. The molecular formula is C17H11BrO. The van der Waals surface area contributed by atoms with Gasteiger partial charge in [0.25, 0.3) is 0 Å². The van der Waals surface area contributed by atoms with Gasteiger partial charge >= 0.3 is 0 Å². The van der Waals surface area contributed by atoms with Crippen LogP contribution in [0.1, 0.15) is 15.9 Å². The van der Waals surface area contributed by atoms with Crippen LogP contribution in [0.5, 0.6) is 0 Å². The van der Waals surface area contributed by atoms with Gasteiger partial charge in [0.15, 0.2) is 5.78 Å². The zero-order valence-corrected chi connectivity index (χ0v) is 11.8. The standard InChI is InChI=1S/C17H10O.BrH/c18-17-14-8-2-1-7-12(14)13-9-3-5-11-6-4-10-15(17)16(11)13;/h1-10H;1H. The minimum atomic E-state index is 0. The Labute approximate surface area is 121 Å². The van der Waals surface area contributed by atoms with Crippen LogP contribution in [0.15, 0.2) is 60.7 Å². The Hall–Kier alpha value is -1.93. The second kappa shape index (κ2) is 4.32. The molecule has 92 valence electrons. The molecule has 1 aliphatic carbocycles. The summed E-state index contributed by atoms with van der Waals surface area (Å²) in [6.45, 7) is 0. The molecular weight excluding hydrogens is 300 g/mol. The Morgan fingerprint density at radius 3 is 1.89 bits per heavy atom. The van der Waals surface area contributed by atoms with E-state index >= 15 is 0 Å². The number of carbonyl (C=O) groups is 1. The van der Waals surface area contributed by atoms with Crippen molar-refractivity contribution < 1.29 is 4.79 Å². The molecule has 0 unspecified atom stereocenters. The molecule has 3 aromatic carbocycles. The van der Waals surface area contributed by atoms with Crippen LogP contribution in [-0.4, -0.2) is 5.78 Å². The highest BCUT2D eigenvalue weighted by molar-refractivity contribution is 8.93. The highest BCUT2D eigenvalue weighted by Crippen LogP contribution is 2.38. The van der Waals surface area contributed by atoms with Crippen LogP contribution in [0, 0.1) is 0 Å². The lowest BCUT2D eigenvalue weighted by Gasteiger charge is -2.19. The van der Waals surface area contributed by atoms with Crippen molar-refractivity contribution in [2.75, 3.05) is 0 Å². The first-order valence-corrected chi connectivity index (χ1v) is 6.02. The fourth-order valence-electron chi connectivity index (χ4n) is 2.82. The molecule has 0 aliphatic heterocycles. The summed E-state index contributed by atoms with van der Waals surface area (Å²) in [4.78, 5) is 12.5. The molecule has 0 amide bonds. The van der Waals surface area contributed by atoms with Crippen molar-refractivity contribution in [3.63, 3.8) is 0 Å². The maximum atomic E-state index is 12.5. The van der Waals surface area contributed by atoms with Gasteiger partial charge in [0.05, 0.1) is 0 Å². The van der Waals surface area contributed by atoms with Crippen LogP contribution >= 0.6 is 17.0 Å². The maximum absolute atomic E-state index is 12.5. The van der Waals surface area contributed by atoms with Crippen molar-refractivity contribution in [1.82, 2.24) is 0 Å². The second-order valence-corrected chi connectivity index (χ2v) is 4.58. The van der Waals surface area contributed by atoms with E-state index in [0.717, 1.165) is 27.5 Å². The van der Waals surface area contributed by atoms with Crippen LogP contribution in [0.25, 0.3) is 21.9 Å². The van der Waals surface area contributed by atoms with Crippen molar-refractivity contribution >= 4 is 33.5 Å². The van der Waals surface area contributed by atoms with Gasteiger partial charge in [0.2, 0.25) is 0 Å². The van der Waals surface area contributed by atoms with Crippen LogP contribution < -0.4 is 0 Å². The Bertz CT molecular complexity index is 800. The molecule has 0 aromatic heterocycles. The molecule has 19 heavy (non-hydrogen) atoms. The van der Waals surface area contributed by atoms with Gasteiger partial charge in [-0.1, -0.05) is 60.7 Å². The molecule has 0 atom stereocenters. The van der Waals surface area contributed by atoms with E-state index in [1.54, 1.807) is 0 Å². The maximum Gasteiger partial charge on any atom is 0.194 e. The summed E-state index contributed by atoms with van der Waals surface area (Å²) < 4.78 is 0. The molecule has 0 fully saturated rings. The molecule has 0 N–H and O–H groups in total. The van der Waals surface area contributed by atoms with Crippen LogP contribution in [-0.2, 0) is 0 Å². The van der Waals surface area contributed by atoms with Gasteiger partial charge in [0, 0.05) is 16.5 Å². The fourth-order valence-corrected chi connectivity index (χ4v) is 2.82. The van der Waals surface area contributed by atoms with Gasteiger partial charge in [-0.3, -0.25) is 4.79 Å². The number of benzene rings is 3.